The van der Waals surface area contributed by atoms with E-state index in [4.69, 9.17) is 15.2 Å². The van der Waals surface area contributed by atoms with Crippen LogP contribution in [0.1, 0.15) is 37.6 Å². The molecule has 0 spiro atoms. The summed E-state index contributed by atoms with van der Waals surface area (Å²) < 4.78 is 7.33. The molecule has 0 radical (unpaired) electrons. The van der Waals surface area contributed by atoms with Gasteiger partial charge in [-0.2, -0.15) is 5.10 Å². The van der Waals surface area contributed by atoms with Crippen molar-refractivity contribution in [3.8, 4) is 0 Å². The maximum Gasteiger partial charge on any atom is 0.410 e. The molecule has 1 aromatic heterocycles. The van der Waals surface area contributed by atoms with E-state index in [1.165, 1.54) is 5.56 Å². The first-order chi connectivity index (χ1) is 13.7. The number of rotatable bonds is 2. The number of aryl methyl sites for hydroxylation is 1. The van der Waals surface area contributed by atoms with E-state index in [0.717, 1.165) is 17.7 Å². The molecule has 1 aromatic carbocycles. The minimum Gasteiger partial charge on any atom is -0.444 e. The summed E-state index contributed by atoms with van der Waals surface area (Å²) in [6.45, 7) is 8.15. The van der Waals surface area contributed by atoms with E-state index in [2.05, 4.69) is 11.0 Å². The Hall–Kier alpha value is -2.67. The molecule has 1 unspecified atom stereocenters. The van der Waals surface area contributed by atoms with Gasteiger partial charge < -0.3 is 15.0 Å². The standard InChI is InChI=1S/C22H29N5O2/c1-21(2,3)29-20(28)26-11-13-27(14-12-26)22(18-9-10-25(4)24-18)15-16-7-5-6-8-17(16)19(22)23/h5-10,23H,11-15H2,1-4H3. The molecule has 29 heavy (non-hydrogen) atoms. The number of hydrogen-bond donors (Lipinski definition) is 1. The van der Waals surface area contributed by atoms with E-state index in [1.807, 2.05) is 58.3 Å². The highest BCUT2D eigenvalue weighted by Crippen LogP contribution is 2.42. The molecule has 1 saturated heterocycles. The molecule has 1 N–H and O–H groups in total. The third-order valence-electron chi connectivity index (χ3n) is 5.76. The van der Waals surface area contributed by atoms with Crippen LogP contribution in [0.4, 0.5) is 4.79 Å². The Balaban J connectivity index is 1.61. The lowest BCUT2D eigenvalue weighted by molar-refractivity contribution is 0.00535. The van der Waals surface area contributed by atoms with Crippen molar-refractivity contribution in [1.82, 2.24) is 19.6 Å². The SMILES string of the molecule is Cn1ccc(C2(N3CCN(C(=O)OC(C)(C)C)CC3)Cc3ccccc3C2=N)n1. The number of nitrogens with zero attached hydrogens (tertiary/aromatic N) is 4. The smallest absolute Gasteiger partial charge is 0.410 e. The van der Waals surface area contributed by atoms with E-state index >= 15 is 0 Å². The summed E-state index contributed by atoms with van der Waals surface area (Å²) in [5, 5.41) is 13.8. The molecule has 154 valence electrons. The molecular weight excluding hydrogens is 366 g/mol. The summed E-state index contributed by atoms with van der Waals surface area (Å²) in [5.74, 6) is 0. The molecule has 2 heterocycles. The summed E-state index contributed by atoms with van der Waals surface area (Å²) in [6.07, 6.45) is 2.39. The van der Waals surface area contributed by atoms with Crippen molar-refractivity contribution in [2.45, 2.75) is 38.3 Å². The van der Waals surface area contributed by atoms with E-state index in [1.54, 1.807) is 9.58 Å². The van der Waals surface area contributed by atoms with Gasteiger partial charge in [0, 0.05) is 51.4 Å². The molecule has 1 amide bonds. The van der Waals surface area contributed by atoms with E-state index in [-0.39, 0.29) is 6.09 Å². The quantitative estimate of drug-likeness (QED) is 0.849. The third-order valence-corrected chi connectivity index (χ3v) is 5.76. The summed E-state index contributed by atoms with van der Waals surface area (Å²) in [6, 6.07) is 10.2. The van der Waals surface area contributed by atoms with Gasteiger partial charge in [-0.3, -0.25) is 9.58 Å². The Kier molecular flexibility index (Phi) is 4.73. The summed E-state index contributed by atoms with van der Waals surface area (Å²) in [4.78, 5) is 16.5. The lowest BCUT2D eigenvalue weighted by Crippen LogP contribution is -2.59. The minimum atomic E-state index is -0.592. The fourth-order valence-electron chi connectivity index (χ4n) is 4.39. The second-order valence-electron chi connectivity index (χ2n) is 8.90. The summed E-state index contributed by atoms with van der Waals surface area (Å²) in [5.41, 5.74) is 2.57. The van der Waals surface area contributed by atoms with Gasteiger partial charge in [-0.1, -0.05) is 24.3 Å². The molecule has 0 saturated carbocycles. The first kappa shape index (κ1) is 19.6. The predicted octanol–water partition coefficient (Wildman–Crippen LogP) is 2.79. The zero-order chi connectivity index (χ0) is 20.8. The number of carbonyl (C=O) groups excluding carboxylic acids is 1. The van der Waals surface area contributed by atoms with Crippen molar-refractivity contribution in [1.29, 1.82) is 5.41 Å². The Morgan fingerprint density at radius 3 is 2.41 bits per heavy atom. The highest BCUT2D eigenvalue weighted by molar-refractivity contribution is 6.09. The van der Waals surface area contributed by atoms with Crippen LogP contribution in [-0.2, 0) is 23.7 Å². The Bertz CT molecular complexity index is 937. The van der Waals surface area contributed by atoms with E-state index in [9.17, 15) is 4.79 Å². The number of ether oxygens (including phenoxy) is 1. The van der Waals surface area contributed by atoms with Crippen molar-refractivity contribution in [2.75, 3.05) is 26.2 Å². The average Bonchev–Trinajstić information content (AvgIpc) is 3.23. The van der Waals surface area contributed by atoms with Gasteiger partial charge in [-0.05, 0) is 32.4 Å². The highest BCUT2D eigenvalue weighted by Gasteiger charge is 2.50. The van der Waals surface area contributed by atoms with Crippen LogP contribution >= 0.6 is 0 Å². The minimum absolute atomic E-state index is 0.270. The van der Waals surface area contributed by atoms with Gasteiger partial charge in [0.2, 0.25) is 0 Å². The number of fused-ring (bicyclic) bond motifs is 1. The maximum absolute atomic E-state index is 12.5. The van der Waals surface area contributed by atoms with Crippen LogP contribution in [0, 0.1) is 5.41 Å². The van der Waals surface area contributed by atoms with Gasteiger partial charge in [0.05, 0.1) is 11.4 Å². The van der Waals surface area contributed by atoms with Crippen LogP contribution < -0.4 is 0 Å². The first-order valence-electron chi connectivity index (χ1n) is 10.1. The Morgan fingerprint density at radius 1 is 1.14 bits per heavy atom. The number of amides is 1. The number of carbonyl (C=O) groups is 1. The fraction of sp³-hybridized carbons (Fsp3) is 0.500. The van der Waals surface area contributed by atoms with E-state index < -0.39 is 11.1 Å². The zero-order valence-corrected chi connectivity index (χ0v) is 17.6. The van der Waals surface area contributed by atoms with Crippen LogP contribution in [0.25, 0.3) is 0 Å². The highest BCUT2D eigenvalue weighted by atomic mass is 16.6. The molecule has 1 fully saturated rings. The molecule has 2 aliphatic rings. The fourth-order valence-corrected chi connectivity index (χ4v) is 4.39. The van der Waals surface area contributed by atoms with Gasteiger partial charge in [0.25, 0.3) is 0 Å². The number of nitrogens with one attached hydrogen (secondary N) is 1. The molecule has 1 aliphatic carbocycles. The summed E-state index contributed by atoms with van der Waals surface area (Å²) in [7, 11) is 1.91. The van der Waals surface area contributed by atoms with Crippen molar-refractivity contribution in [3.05, 3.63) is 53.3 Å². The largest absolute Gasteiger partial charge is 0.444 e. The number of hydrogen-bond acceptors (Lipinski definition) is 5. The Labute approximate surface area is 171 Å². The second-order valence-corrected chi connectivity index (χ2v) is 8.90. The molecule has 4 rings (SSSR count). The summed E-state index contributed by atoms with van der Waals surface area (Å²) >= 11 is 0. The normalized spacial score (nSPS) is 22.6. The molecule has 1 aliphatic heterocycles. The molecule has 0 bridgehead atoms. The van der Waals surface area contributed by atoms with Crippen molar-refractivity contribution in [3.63, 3.8) is 0 Å². The van der Waals surface area contributed by atoms with Gasteiger partial charge in [0.1, 0.15) is 11.1 Å². The van der Waals surface area contributed by atoms with Crippen LogP contribution in [0.2, 0.25) is 0 Å². The van der Waals surface area contributed by atoms with Crippen LogP contribution in [0.3, 0.4) is 0 Å². The lowest BCUT2D eigenvalue weighted by Gasteiger charge is -2.45. The lowest BCUT2D eigenvalue weighted by atomic mass is 9.87. The number of aromatic nitrogens is 2. The van der Waals surface area contributed by atoms with Crippen LogP contribution in [0.5, 0.6) is 0 Å². The van der Waals surface area contributed by atoms with Crippen molar-refractivity contribution < 1.29 is 9.53 Å². The predicted molar refractivity (Wildman–Crippen MR) is 111 cm³/mol. The number of benzene rings is 1. The Morgan fingerprint density at radius 2 is 1.83 bits per heavy atom. The zero-order valence-electron chi connectivity index (χ0n) is 17.6. The van der Waals surface area contributed by atoms with Gasteiger partial charge in [0.15, 0.2) is 0 Å². The third kappa shape index (κ3) is 3.44. The maximum atomic E-state index is 12.5. The monoisotopic (exact) mass is 395 g/mol. The molecule has 7 nitrogen and oxygen atoms in total. The van der Waals surface area contributed by atoms with Crippen LogP contribution in [-0.4, -0.2) is 63.2 Å². The van der Waals surface area contributed by atoms with Crippen molar-refractivity contribution in [2.24, 2.45) is 7.05 Å². The molecule has 1 atom stereocenters. The van der Waals surface area contributed by atoms with Gasteiger partial charge in [-0.15, -0.1) is 0 Å². The van der Waals surface area contributed by atoms with Crippen molar-refractivity contribution >= 4 is 11.8 Å². The number of piperazine rings is 1. The molecular formula is C22H29N5O2. The van der Waals surface area contributed by atoms with Crippen LogP contribution in [0.15, 0.2) is 36.5 Å². The molecule has 7 heteroatoms. The molecule has 2 aromatic rings. The van der Waals surface area contributed by atoms with Gasteiger partial charge in [-0.25, -0.2) is 4.79 Å². The average molecular weight is 396 g/mol. The first-order valence-corrected chi connectivity index (χ1v) is 10.1. The van der Waals surface area contributed by atoms with Gasteiger partial charge >= 0.3 is 6.09 Å². The van der Waals surface area contributed by atoms with E-state index in [0.29, 0.717) is 31.9 Å². The topological polar surface area (TPSA) is 74.5 Å². The second kappa shape index (κ2) is 6.99.